The number of pyridine rings is 1. The van der Waals surface area contributed by atoms with Crippen molar-refractivity contribution in [2.45, 2.75) is 5.75 Å². The van der Waals surface area contributed by atoms with E-state index in [2.05, 4.69) is 33.5 Å². The predicted molar refractivity (Wildman–Crippen MR) is 55.6 cm³/mol. The Morgan fingerprint density at radius 2 is 2.33 bits per heavy atom. The van der Waals surface area contributed by atoms with Gasteiger partial charge in [-0.3, -0.25) is 0 Å². The van der Waals surface area contributed by atoms with E-state index in [0.29, 0.717) is 5.75 Å². The van der Waals surface area contributed by atoms with E-state index in [9.17, 15) is 0 Å². The zero-order valence-electron chi connectivity index (χ0n) is 6.24. The lowest BCUT2D eigenvalue weighted by Crippen LogP contribution is -1.88. The molecule has 0 aliphatic carbocycles. The molecule has 0 atom stereocenters. The fourth-order valence-electron chi connectivity index (χ4n) is 1.12. The summed E-state index contributed by atoms with van der Waals surface area (Å²) < 4.78 is 3.08. The Morgan fingerprint density at radius 3 is 3.08 bits per heavy atom. The van der Waals surface area contributed by atoms with Crippen LogP contribution in [0, 0.1) is 0 Å². The van der Waals surface area contributed by atoms with E-state index in [1.807, 2.05) is 28.9 Å². The molecule has 2 nitrogen and oxygen atoms in total. The molecule has 0 aliphatic rings. The van der Waals surface area contributed by atoms with Crippen molar-refractivity contribution in [3.05, 3.63) is 34.7 Å². The van der Waals surface area contributed by atoms with Crippen LogP contribution in [0.15, 0.2) is 29.0 Å². The van der Waals surface area contributed by atoms with E-state index in [0.717, 1.165) is 15.8 Å². The minimum Gasteiger partial charge on any atom is -0.302 e. The number of hydrogen-bond donors (Lipinski definition) is 1. The maximum atomic E-state index is 4.22. The van der Waals surface area contributed by atoms with Gasteiger partial charge in [0.15, 0.2) is 0 Å². The lowest BCUT2D eigenvalue weighted by Gasteiger charge is -1.97. The van der Waals surface area contributed by atoms with Crippen molar-refractivity contribution in [1.29, 1.82) is 0 Å². The van der Waals surface area contributed by atoms with E-state index >= 15 is 0 Å². The highest BCUT2D eigenvalue weighted by molar-refractivity contribution is 9.10. The van der Waals surface area contributed by atoms with Crippen LogP contribution in [0.1, 0.15) is 5.69 Å². The molecule has 0 fully saturated rings. The lowest BCUT2D eigenvalue weighted by molar-refractivity contribution is 1.09. The molecule has 12 heavy (non-hydrogen) atoms. The molecule has 2 heterocycles. The summed E-state index contributed by atoms with van der Waals surface area (Å²) in [5, 5.41) is 0. The van der Waals surface area contributed by atoms with Crippen LogP contribution in [-0.4, -0.2) is 9.38 Å². The van der Waals surface area contributed by atoms with Gasteiger partial charge in [-0.1, -0.05) is 0 Å². The van der Waals surface area contributed by atoms with Gasteiger partial charge in [-0.25, -0.2) is 4.98 Å². The summed E-state index contributed by atoms with van der Waals surface area (Å²) in [4.78, 5) is 4.22. The van der Waals surface area contributed by atoms with Gasteiger partial charge in [0, 0.05) is 16.4 Å². The van der Waals surface area contributed by atoms with Gasteiger partial charge in [-0.05, 0) is 28.1 Å². The van der Waals surface area contributed by atoms with E-state index < -0.39 is 0 Å². The fourth-order valence-corrected chi connectivity index (χ4v) is 1.69. The Kier molecular flexibility index (Phi) is 2.11. The molecule has 62 valence electrons. The number of imidazole rings is 1. The molecule has 2 aromatic heterocycles. The van der Waals surface area contributed by atoms with Gasteiger partial charge in [0.25, 0.3) is 0 Å². The highest BCUT2D eigenvalue weighted by Gasteiger charge is 2.00. The molecule has 0 amide bonds. The maximum Gasteiger partial charge on any atom is 0.136 e. The zero-order valence-corrected chi connectivity index (χ0v) is 8.72. The van der Waals surface area contributed by atoms with Crippen molar-refractivity contribution in [3.8, 4) is 0 Å². The van der Waals surface area contributed by atoms with Gasteiger partial charge >= 0.3 is 0 Å². The first kappa shape index (κ1) is 8.13. The Morgan fingerprint density at radius 1 is 1.50 bits per heavy atom. The number of fused-ring (bicyclic) bond motifs is 1. The highest BCUT2D eigenvalue weighted by atomic mass is 79.9. The van der Waals surface area contributed by atoms with Crippen molar-refractivity contribution in [1.82, 2.24) is 9.38 Å². The van der Waals surface area contributed by atoms with Crippen LogP contribution >= 0.6 is 28.6 Å². The molecule has 2 rings (SSSR count). The second-order valence-corrected chi connectivity index (χ2v) is 3.72. The monoisotopic (exact) mass is 242 g/mol. The second kappa shape index (κ2) is 3.11. The summed E-state index contributed by atoms with van der Waals surface area (Å²) in [6.45, 7) is 0. The number of rotatable bonds is 1. The first-order chi connectivity index (χ1) is 5.81. The van der Waals surface area contributed by atoms with Crippen molar-refractivity contribution >= 4 is 34.2 Å². The van der Waals surface area contributed by atoms with Crippen molar-refractivity contribution in [3.63, 3.8) is 0 Å². The third-order valence-corrected chi connectivity index (χ3v) is 2.50. The first-order valence-electron chi connectivity index (χ1n) is 3.53. The fraction of sp³-hybridized carbons (Fsp3) is 0.125. The minimum atomic E-state index is 0.706. The third kappa shape index (κ3) is 1.25. The Labute approximate surface area is 84.2 Å². The molecule has 0 saturated carbocycles. The van der Waals surface area contributed by atoms with Crippen LogP contribution in [0.3, 0.4) is 0 Å². The van der Waals surface area contributed by atoms with Crippen LogP contribution in [0.4, 0.5) is 0 Å². The average Bonchev–Trinajstić information content (AvgIpc) is 2.46. The molecule has 4 heteroatoms. The molecule has 0 aliphatic heterocycles. The summed E-state index contributed by atoms with van der Waals surface area (Å²) in [6, 6.07) is 3.95. The quantitative estimate of drug-likeness (QED) is 0.762. The van der Waals surface area contributed by atoms with E-state index in [-0.39, 0.29) is 0 Å². The topological polar surface area (TPSA) is 17.3 Å². The molecular formula is C8H7BrN2S. The van der Waals surface area contributed by atoms with Crippen LogP contribution in [0.5, 0.6) is 0 Å². The van der Waals surface area contributed by atoms with Crippen molar-refractivity contribution in [2.75, 3.05) is 0 Å². The summed E-state index contributed by atoms with van der Waals surface area (Å²) in [5.41, 5.74) is 2.07. The van der Waals surface area contributed by atoms with Crippen LogP contribution in [0.25, 0.3) is 5.65 Å². The van der Waals surface area contributed by atoms with Crippen molar-refractivity contribution in [2.24, 2.45) is 0 Å². The minimum absolute atomic E-state index is 0.706. The van der Waals surface area contributed by atoms with Crippen LogP contribution in [-0.2, 0) is 5.75 Å². The normalized spacial score (nSPS) is 10.8. The Balaban J connectivity index is 2.75. The lowest BCUT2D eigenvalue weighted by atomic mass is 10.4. The molecule has 0 unspecified atom stereocenters. The summed E-state index contributed by atoms with van der Waals surface area (Å²) in [5.74, 6) is 0.706. The van der Waals surface area contributed by atoms with Gasteiger partial charge in [-0.15, -0.1) is 0 Å². The standard InChI is InChI=1S/C8H7BrN2S/c9-6-1-2-8-10-3-7(5-12)11(8)4-6/h1-4,12H,5H2. The number of nitrogens with zero attached hydrogens (tertiary/aromatic N) is 2. The number of hydrogen-bond acceptors (Lipinski definition) is 2. The van der Waals surface area contributed by atoms with Crippen LogP contribution < -0.4 is 0 Å². The summed E-state index contributed by atoms with van der Waals surface area (Å²) in [7, 11) is 0. The number of thiol groups is 1. The summed E-state index contributed by atoms with van der Waals surface area (Å²) in [6.07, 6.45) is 3.84. The SMILES string of the molecule is SCc1cnc2ccc(Br)cn12. The molecule has 0 bridgehead atoms. The second-order valence-electron chi connectivity index (χ2n) is 2.48. The predicted octanol–water partition coefficient (Wildman–Crippen LogP) is 2.53. The van der Waals surface area contributed by atoms with Gasteiger partial charge in [0.1, 0.15) is 5.65 Å². The van der Waals surface area contributed by atoms with Crippen molar-refractivity contribution < 1.29 is 0 Å². The molecule has 0 spiro atoms. The van der Waals surface area contributed by atoms with Crippen LogP contribution in [0.2, 0.25) is 0 Å². The number of halogens is 1. The van der Waals surface area contributed by atoms with Gasteiger partial charge < -0.3 is 4.40 Å². The summed E-state index contributed by atoms with van der Waals surface area (Å²) >= 11 is 7.62. The molecular weight excluding hydrogens is 236 g/mol. The van der Waals surface area contributed by atoms with Gasteiger partial charge in [0.2, 0.25) is 0 Å². The van der Waals surface area contributed by atoms with E-state index in [4.69, 9.17) is 0 Å². The molecule has 0 radical (unpaired) electrons. The van der Waals surface area contributed by atoms with Gasteiger partial charge in [-0.2, -0.15) is 12.6 Å². The first-order valence-corrected chi connectivity index (χ1v) is 4.96. The number of aromatic nitrogens is 2. The Hall–Kier alpha value is -0.480. The molecule has 0 N–H and O–H groups in total. The maximum absolute atomic E-state index is 4.22. The van der Waals surface area contributed by atoms with Gasteiger partial charge in [0.05, 0.1) is 11.9 Å². The average molecular weight is 243 g/mol. The van der Waals surface area contributed by atoms with E-state index in [1.54, 1.807) is 0 Å². The zero-order chi connectivity index (χ0) is 8.55. The largest absolute Gasteiger partial charge is 0.302 e. The van der Waals surface area contributed by atoms with E-state index in [1.165, 1.54) is 0 Å². The smallest absolute Gasteiger partial charge is 0.136 e. The molecule has 2 aromatic rings. The Bertz CT molecular complexity index is 410. The third-order valence-electron chi connectivity index (χ3n) is 1.71. The highest BCUT2D eigenvalue weighted by Crippen LogP contribution is 2.14. The molecule has 0 aromatic carbocycles. The molecule has 0 saturated heterocycles.